The van der Waals surface area contributed by atoms with Crippen molar-refractivity contribution in [2.45, 2.75) is 32.2 Å². The normalized spacial score (nSPS) is 13.3. The lowest BCUT2D eigenvalue weighted by Crippen LogP contribution is -2.19. The van der Waals surface area contributed by atoms with E-state index in [9.17, 15) is 0 Å². The van der Waals surface area contributed by atoms with Crippen LogP contribution in [0.1, 0.15) is 43.6 Å². The van der Waals surface area contributed by atoms with Crippen molar-refractivity contribution >= 4 is 0 Å². The summed E-state index contributed by atoms with van der Waals surface area (Å²) in [5.74, 6) is 0. The van der Waals surface area contributed by atoms with E-state index in [1.54, 1.807) is 18.6 Å². The van der Waals surface area contributed by atoms with E-state index in [0.29, 0.717) is 0 Å². The minimum absolute atomic E-state index is 0.0859. The molecule has 0 spiro atoms. The van der Waals surface area contributed by atoms with Gasteiger partial charge >= 0.3 is 0 Å². The van der Waals surface area contributed by atoms with Crippen molar-refractivity contribution in [1.82, 2.24) is 15.3 Å². The molecule has 0 aliphatic carbocycles. The van der Waals surface area contributed by atoms with Crippen LogP contribution >= 0.6 is 0 Å². The summed E-state index contributed by atoms with van der Waals surface area (Å²) in [6.07, 6.45) is 5.22. The first kappa shape index (κ1) is 13.7. The van der Waals surface area contributed by atoms with Crippen molar-refractivity contribution in [3.05, 3.63) is 59.7 Å². The van der Waals surface area contributed by atoms with E-state index in [-0.39, 0.29) is 11.5 Å². The van der Waals surface area contributed by atoms with Crippen molar-refractivity contribution in [3.63, 3.8) is 0 Å². The van der Waals surface area contributed by atoms with Gasteiger partial charge in [0.1, 0.15) is 0 Å². The first-order valence-electron chi connectivity index (χ1n) is 6.56. The van der Waals surface area contributed by atoms with Crippen LogP contribution in [0.5, 0.6) is 0 Å². The van der Waals surface area contributed by atoms with E-state index in [0.717, 1.165) is 5.69 Å². The highest BCUT2D eigenvalue weighted by Crippen LogP contribution is 2.25. The Morgan fingerprint density at radius 2 is 1.74 bits per heavy atom. The van der Waals surface area contributed by atoms with Crippen molar-refractivity contribution in [1.29, 1.82) is 0 Å². The molecular weight excluding hydrogens is 234 g/mol. The number of hydrogen-bond donors (Lipinski definition) is 1. The predicted molar refractivity (Wildman–Crippen MR) is 78.1 cm³/mol. The van der Waals surface area contributed by atoms with Crippen molar-refractivity contribution in [2.24, 2.45) is 0 Å². The summed E-state index contributed by atoms with van der Waals surface area (Å²) >= 11 is 0. The average Bonchev–Trinajstić information content (AvgIpc) is 2.40. The fraction of sp³-hybridized carbons (Fsp3) is 0.375. The zero-order chi connectivity index (χ0) is 13.9. The largest absolute Gasteiger partial charge is 0.308 e. The highest BCUT2D eigenvalue weighted by molar-refractivity contribution is 5.32. The maximum atomic E-state index is 4.37. The van der Waals surface area contributed by atoms with Gasteiger partial charge in [0.25, 0.3) is 0 Å². The molecule has 2 rings (SSSR count). The highest BCUT2D eigenvalue weighted by atomic mass is 14.9. The number of hydrogen-bond acceptors (Lipinski definition) is 3. The monoisotopic (exact) mass is 255 g/mol. The van der Waals surface area contributed by atoms with Gasteiger partial charge in [0.2, 0.25) is 0 Å². The van der Waals surface area contributed by atoms with Gasteiger partial charge in [-0.25, -0.2) is 0 Å². The third-order valence-corrected chi connectivity index (χ3v) is 3.28. The van der Waals surface area contributed by atoms with Crippen molar-refractivity contribution in [2.75, 3.05) is 7.05 Å². The molecule has 0 saturated heterocycles. The lowest BCUT2D eigenvalue weighted by Gasteiger charge is -2.21. The van der Waals surface area contributed by atoms with Gasteiger partial charge in [-0.05, 0) is 23.6 Å². The van der Waals surface area contributed by atoms with E-state index >= 15 is 0 Å². The number of nitrogens with one attached hydrogen (secondary N) is 1. The van der Waals surface area contributed by atoms with Gasteiger partial charge in [-0.1, -0.05) is 45.0 Å². The molecule has 0 aliphatic heterocycles. The van der Waals surface area contributed by atoms with Crippen molar-refractivity contribution < 1.29 is 0 Å². The minimum atomic E-state index is 0.0859. The Morgan fingerprint density at radius 1 is 1.05 bits per heavy atom. The van der Waals surface area contributed by atoms with E-state index in [2.05, 4.69) is 60.3 Å². The number of nitrogens with zero attached hydrogens (tertiary/aromatic N) is 2. The fourth-order valence-electron chi connectivity index (χ4n) is 2.12. The van der Waals surface area contributed by atoms with Crippen LogP contribution in [0.15, 0.2) is 42.9 Å². The molecule has 0 radical (unpaired) electrons. The molecule has 19 heavy (non-hydrogen) atoms. The fourth-order valence-corrected chi connectivity index (χ4v) is 2.12. The Kier molecular flexibility index (Phi) is 3.96. The molecule has 1 atom stereocenters. The van der Waals surface area contributed by atoms with Crippen LogP contribution in [-0.2, 0) is 5.41 Å². The van der Waals surface area contributed by atoms with Gasteiger partial charge in [-0.3, -0.25) is 9.97 Å². The molecule has 1 unspecified atom stereocenters. The van der Waals surface area contributed by atoms with Gasteiger partial charge in [0, 0.05) is 12.4 Å². The van der Waals surface area contributed by atoms with E-state index < -0.39 is 0 Å². The summed E-state index contributed by atoms with van der Waals surface area (Å²) < 4.78 is 0. The van der Waals surface area contributed by atoms with Crippen LogP contribution in [0.3, 0.4) is 0 Å². The maximum absolute atomic E-state index is 4.37. The lowest BCUT2D eigenvalue weighted by atomic mass is 9.86. The van der Waals surface area contributed by atoms with Crippen LogP contribution < -0.4 is 5.32 Å². The zero-order valence-electron chi connectivity index (χ0n) is 12.0. The highest BCUT2D eigenvalue weighted by Gasteiger charge is 2.16. The van der Waals surface area contributed by atoms with Crippen LogP contribution in [0, 0.1) is 0 Å². The molecule has 0 saturated carbocycles. The maximum Gasteiger partial charge on any atom is 0.0801 e. The SMILES string of the molecule is CNC(c1ccc(C(C)(C)C)cc1)c1cnccn1. The summed E-state index contributed by atoms with van der Waals surface area (Å²) in [4.78, 5) is 8.51. The lowest BCUT2D eigenvalue weighted by molar-refractivity contribution is 0.588. The molecule has 3 nitrogen and oxygen atoms in total. The molecule has 0 amide bonds. The van der Waals surface area contributed by atoms with E-state index in [1.807, 2.05) is 7.05 Å². The Morgan fingerprint density at radius 3 is 2.21 bits per heavy atom. The molecule has 2 aromatic rings. The third-order valence-electron chi connectivity index (χ3n) is 3.28. The topological polar surface area (TPSA) is 37.8 Å². The number of aromatic nitrogens is 2. The minimum Gasteiger partial charge on any atom is -0.308 e. The number of rotatable bonds is 3. The summed E-state index contributed by atoms with van der Waals surface area (Å²) in [6.45, 7) is 6.67. The second kappa shape index (κ2) is 5.49. The van der Waals surface area contributed by atoms with E-state index in [4.69, 9.17) is 0 Å². The Bertz CT molecular complexity index is 512. The first-order valence-corrected chi connectivity index (χ1v) is 6.56. The standard InChI is InChI=1S/C16H21N3/c1-16(2,3)13-7-5-12(6-8-13)15(17-4)14-11-18-9-10-19-14/h5-11,15,17H,1-4H3. The Balaban J connectivity index is 2.30. The molecule has 1 N–H and O–H groups in total. The van der Waals surface area contributed by atoms with Crippen LogP contribution in [-0.4, -0.2) is 17.0 Å². The smallest absolute Gasteiger partial charge is 0.0801 e. The predicted octanol–water partition coefficient (Wildman–Crippen LogP) is 3.08. The van der Waals surface area contributed by atoms with Gasteiger partial charge in [0.15, 0.2) is 0 Å². The Labute approximate surface area is 115 Å². The van der Waals surface area contributed by atoms with Gasteiger partial charge in [-0.15, -0.1) is 0 Å². The van der Waals surface area contributed by atoms with Crippen LogP contribution in [0.2, 0.25) is 0 Å². The molecule has 1 aromatic carbocycles. The molecule has 0 bridgehead atoms. The van der Waals surface area contributed by atoms with Crippen LogP contribution in [0.25, 0.3) is 0 Å². The van der Waals surface area contributed by atoms with Gasteiger partial charge in [-0.2, -0.15) is 0 Å². The molecule has 100 valence electrons. The molecule has 0 fully saturated rings. The summed E-state index contributed by atoms with van der Waals surface area (Å²) in [5, 5.41) is 3.29. The second-order valence-corrected chi connectivity index (χ2v) is 5.72. The molecular formula is C16H21N3. The second-order valence-electron chi connectivity index (χ2n) is 5.72. The van der Waals surface area contributed by atoms with Crippen LogP contribution in [0.4, 0.5) is 0 Å². The van der Waals surface area contributed by atoms with E-state index in [1.165, 1.54) is 11.1 Å². The summed E-state index contributed by atoms with van der Waals surface area (Å²) in [5.41, 5.74) is 3.66. The quantitative estimate of drug-likeness (QED) is 0.916. The number of benzene rings is 1. The Hall–Kier alpha value is -1.74. The molecule has 1 aromatic heterocycles. The zero-order valence-corrected chi connectivity index (χ0v) is 12.0. The molecule has 1 heterocycles. The first-order chi connectivity index (χ1) is 9.02. The average molecular weight is 255 g/mol. The molecule has 0 aliphatic rings. The van der Waals surface area contributed by atoms with Gasteiger partial charge < -0.3 is 5.32 Å². The molecule has 3 heteroatoms. The summed E-state index contributed by atoms with van der Waals surface area (Å²) in [6, 6.07) is 8.79. The third kappa shape index (κ3) is 3.18. The summed E-state index contributed by atoms with van der Waals surface area (Å²) in [7, 11) is 1.94. The van der Waals surface area contributed by atoms with Crippen molar-refractivity contribution in [3.8, 4) is 0 Å². The van der Waals surface area contributed by atoms with Gasteiger partial charge in [0.05, 0.1) is 17.9 Å².